The van der Waals surface area contributed by atoms with Gasteiger partial charge < -0.3 is 19.7 Å². The molecule has 27 heavy (non-hydrogen) atoms. The standard InChI is InChI=1S/C20H21FN2O4/c1-23-17(24)12-27-19(18(23)15-8-3-4-9-16(15)21)20(25)22-11-13-6-5-7-14(10-13)26-2/h3-10,18-19H,11-12H2,1-2H3,(H,22,25)/t18-,19-/m0/s1. The van der Waals surface area contributed by atoms with Gasteiger partial charge in [0.05, 0.1) is 13.2 Å². The molecule has 1 aliphatic rings. The van der Waals surface area contributed by atoms with Gasteiger partial charge in [0, 0.05) is 19.2 Å². The van der Waals surface area contributed by atoms with Crippen molar-refractivity contribution >= 4 is 11.8 Å². The molecule has 0 aromatic heterocycles. The van der Waals surface area contributed by atoms with Crippen LogP contribution in [0.25, 0.3) is 0 Å². The number of nitrogens with zero attached hydrogens (tertiary/aromatic N) is 1. The zero-order valence-corrected chi connectivity index (χ0v) is 15.1. The molecule has 0 aliphatic carbocycles. The summed E-state index contributed by atoms with van der Waals surface area (Å²) >= 11 is 0. The van der Waals surface area contributed by atoms with E-state index in [-0.39, 0.29) is 24.6 Å². The Hall–Kier alpha value is -2.93. The van der Waals surface area contributed by atoms with E-state index in [2.05, 4.69) is 5.32 Å². The molecule has 142 valence electrons. The highest BCUT2D eigenvalue weighted by molar-refractivity contribution is 5.86. The van der Waals surface area contributed by atoms with Crippen molar-refractivity contribution < 1.29 is 23.5 Å². The lowest BCUT2D eigenvalue weighted by Crippen LogP contribution is -2.53. The average molecular weight is 372 g/mol. The monoisotopic (exact) mass is 372 g/mol. The van der Waals surface area contributed by atoms with Crippen molar-refractivity contribution in [1.29, 1.82) is 0 Å². The Morgan fingerprint density at radius 2 is 2.07 bits per heavy atom. The van der Waals surface area contributed by atoms with Gasteiger partial charge in [-0.25, -0.2) is 4.39 Å². The summed E-state index contributed by atoms with van der Waals surface area (Å²) in [6.07, 6.45) is -1.00. The van der Waals surface area contributed by atoms with Crippen molar-refractivity contribution in [2.24, 2.45) is 0 Å². The fourth-order valence-corrected chi connectivity index (χ4v) is 3.09. The Kier molecular flexibility index (Phi) is 5.71. The van der Waals surface area contributed by atoms with E-state index >= 15 is 0 Å². The highest BCUT2D eigenvalue weighted by Crippen LogP contribution is 2.30. The molecule has 1 saturated heterocycles. The van der Waals surface area contributed by atoms with Gasteiger partial charge in [-0.2, -0.15) is 0 Å². The quantitative estimate of drug-likeness (QED) is 0.872. The molecule has 1 fully saturated rings. The van der Waals surface area contributed by atoms with Crippen molar-refractivity contribution in [2.75, 3.05) is 20.8 Å². The number of hydrogen-bond donors (Lipinski definition) is 1. The Morgan fingerprint density at radius 1 is 1.30 bits per heavy atom. The summed E-state index contributed by atoms with van der Waals surface area (Å²) in [4.78, 5) is 26.1. The first-order valence-electron chi connectivity index (χ1n) is 8.53. The van der Waals surface area contributed by atoms with Crippen LogP contribution in [-0.2, 0) is 20.9 Å². The summed E-state index contributed by atoms with van der Waals surface area (Å²) in [5.41, 5.74) is 1.10. The van der Waals surface area contributed by atoms with Gasteiger partial charge in [-0.3, -0.25) is 9.59 Å². The number of methoxy groups -OCH3 is 1. The van der Waals surface area contributed by atoms with Crippen LogP contribution >= 0.6 is 0 Å². The number of nitrogens with one attached hydrogen (secondary N) is 1. The van der Waals surface area contributed by atoms with E-state index in [9.17, 15) is 14.0 Å². The minimum atomic E-state index is -1.00. The first-order valence-corrected chi connectivity index (χ1v) is 8.53. The molecule has 2 aromatic carbocycles. The van der Waals surface area contributed by atoms with Crippen LogP contribution in [0.15, 0.2) is 48.5 Å². The van der Waals surface area contributed by atoms with E-state index in [1.54, 1.807) is 32.4 Å². The van der Waals surface area contributed by atoms with Gasteiger partial charge in [-0.15, -0.1) is 0 Å². The second kappa shape index (κ2) is 8.18. The Morgan fingerprint density at radius 3 is 2.81 bits per heavy atom. The number of morpholine rings is 1. The maximum atomic E-state index is 14.3. The molecule has 0 spiro atoms. The van der Waals surface area contributed by atoms with Crippen molar-refractivity contribution in [1.82, 2.24) is 10.2 Å². The van der Waals surface area contributed by atoms with Crippen molar-refractivity contribution in [3.63, 3.8) is 0 Å². The number of halogens is 1. The number of ether oxygens (including phenoxy) is 2. The van der Waals surface area contributed by atoms with Gasteiger partial charge in [-0.05, 0) is 23.8 Å². The first-order chi connectivity index (χ1) is 13.0. The predicted octanol–water partition coefficient (Wildman–Crippen LogP) is 2.05. The normalized spacial score (nSPS) is 19.7. The lowest BCUT2D eigenvalue weighted by Gasteiger charge is -2.38. The molecule has 0 saturated carbocycles. The molecule has 6 nitrogen and oxygen atoms in total. The Labute approximate surface area is 156 Å². The topological polar surface area (TPSA) is 67.9 Å². The van der Waals surface area contributed by atoms with E-state index in [0.29, 0.717) is 5.75 Å². The van der Waals surface area contributed by atoms with Crippen LogP contribution in [0.1, 0.15) is 17.2 Å². The molecular weight excluding hydrogens is 351 g/mol. The van der Waals surface area contributed by atoms with Gasteiger partial charge in [0.2, 0.25) is 5.91 Å². The zero-order chi connectivity index (χ0) is 19.4. The molecule has 7 heteroatoms. The summed E-state index contributed by atoms with van der Waals surface area (Å²) in [6, 6.07) is 12.5. The molecule has 0 bridgehead atoms. The molecule has 2 atom stereocenters. The van der Waals surface area contributed by atoms with Crippen LogP contribution in [0.3, 0.4) is 0 Å². The number of carbonyl (C=O) groups excluding carboxylic acids is 2. The SMILES string of the molecule is COc1cccc(CNC(=O)[C@H]2OCC(=O)N(C)[C@H]2c2ccccc2F)c1. The molecular formula is C20H21FN2O4. The number of hydrogen-bond acceptors (Lipinski definition) is 4. The molecule has 3 rings (SSSR count). The van der Waals surface area contributed by atoms with Crippen LogP contribution in [0.4, 0.5) is 4.39 Å². The summed E-state index contributed by atoms with van der Waals surface area (Å²) in [5, 5.41) is 2.79. The predicted molar refractivity (Wildman–Crippen MR) is 96.5 cm³/mol. The van der Waals surface area contributed by atoms with Gasteiger partial charge in [0.15, 0.2) is 6.10 Å². The van der Waals surface area contributed by atoms with Gasteiger partial charge in [0.25, 0.3) is 5.91 Å². The number of amides is 2. The molecule has 0 unspecified atom stereocenters. The Bertz CT molecular complexity index is 842. The van der Waals surface area contributed by atoms with Crippen LogP contribution in [0.5, 0.6) is 5.75 Å². The smallest absolute Gasteiger partial charge is 0.251 e. The zero-order valence-electron chi connectivity index (χ0n) is 15.1. The summed E-state index contributed by atoms with van der Waals surface area (Å²) in [7, 11) is 3.11. The lowest BCUT2D eigenvalue weighted by atomic mass is 9.97. The number of carbonyl (C=O) groups is 2. The second-order valence-electron chi connectivity index (χ2n) is 6.27. The highest BCUT2D eigenvalue weighted by Gasteiger charge is 2.41. The lowest BCUT2D eigenvalue weighted by molar-refractivity contribution is -0.162. The average Bonchev–Trinajstić information content (AvgIpc) is 2.69. The van der Waals surface area contributed by atoms with Gasteiger partial charge in [0.1, 0.15) is 18.2 Å². The maximum Gasteiger partial charge on any atom is 0.251 e. The summed E-state index contributed by atoms with van der Waals surface area (Å²) in [5.74, 6) is -0.519. The van der Waals surface area contributed by atoms with Crippen LogP contribution in [-0.4, -0.2) is 43.6 Å². The number of rotatable bonds is 5. The second-order valence-corrected chi connectivity index (χ2v) is 6.27. The summed E-state index contributed by atoms with van der Waals surface area (Å²) in [6.45, 7) is 0.0379. The van der Waals surface area contributed by atoms with Crippen molar-refractivity contribution in [3.05, 3.63) is 65.5 Å². The third-order valence-corrected chi connectivity index (χ3v) is 4.57. The Balaban J connectivity index is 1.78. The van der Waals surface area contributed by atoms with Crippen LogP contribution < -0.4 is 10.1 Å². The van der Waals surface area contributed by atoms with E-state index in [0.717, 1.165) is 5.56 Å². The van der Waals surface area contributed by atoms with Crippen molar-refractivity contribution in [2.45, 2.75) is 18.7 Å². The fourth-order valence-electron chi connectivity index (χ4n) is 3.09. The molecule has 0 radical (unpaired) electrons. The van der Waals surface area contributed by atoms with Crippen LogP contribution in [0.2, 0.25) is 0 Å². The molecule has 1 aliphatic heterocycles. The molecule has 2 amide bonds. The minimum absolute atomic E-state index is 0.224. The minimum Gasteiger partial charge on any atom is -0.497 e. The van der Waals surface area contributed by atoms with E-state index < -0.39 is 23.9 Å². The van der Waals surface area contributed by atoms with Gasteiger partial charge in [-0.1, -0.05) is 30.3 Å². The molecule has 2 aromatic rings. The van der Waals surface area contributed by atoms with Crippen LogP contribution in [0, 0.1) is 5.82 Å². The molecule has 1 heterocycles. The van der Waals surface area contributed by atoms with E-state index in [1.807, 2.05) is 24.3 Å². The number of benzene rings is 2. The van der Waals surface area contributed by atoms with Crippen molar-refractivity contribution in [3.8, 4) is 5.75 Å². The first kappa shape index (κ1) is 18.8. The highest BCUT2D eigenvalue weighted by atomic mass is 19.1. The van der Waals surface area contributed by atoms with E-state index in [4.69, 9.17) is 9.47 Å². The maximum absolute atomic E-state index is 14.3. The largest absolute Gasteiger partial charge is 0.497 e. The summed E-state index contributed by atoms with van der Waals surface area (Å²) < 4.78 is 25.0. The van der Waals surface area contributed by atoms with Gasteiger partial charge >= 0.3 is 0 Å². The van der Waals surface area contributed by atoms with E-state index in [1.165, 1.54) is 11.0 Å². The third kappa shape index (κ3) is 4.09. The third-order valence-electron chi connectivity index (χ3n) is 4.57. The molecule has 1 N–H and O–H groups in total. The fraction of sp³-hybridized carbons (Fsp3) is 0.300. The number of likely N-dealkylation sites (N-methyl/N-ethyl adjacent to an activating group) is 1.